The Morgan fingerprint density at radius 1 is 1.27 bits per heavy atom. The molecule has 2 heterocycles. The summed E-state index contributed by atoms with van der Waals surface area (Å²) in [5.41, 5.74) is 8.53. The third kappa shape index (κ3) is 2.53. The van der Waals surface area contributed by atoms with E-state index in [-0.39, 0.29) is 5.91 Å². The second-order valence-corrected chi connectivity index (χ2v) is 6.06. The first-order chi connectivity index (χ1) is 10.5. The predicted molar refractivity (Wildman–Crippen MR) is 87.9 cm³/mol. The number of carbonyl (C=O) groups is 1. The van der Waals surface area contributed by atoms with Crippen molar-refractivity contribution in [1.82, 2.24) is 4.98 Å². The summed E-state index contributed by atoms with van der Waals surface area (Å²) in [5, 5.41) is 3.47. The van der Waals surface area contributed by atoms with Crippen LogP contribution >= 0.6 is 11.3 Å². The summed E-state index contributed by atoms with van der Waals surface area (Å²) in [5.74, 6) is -0.755. The molecule has 0 atom stereocenters. The number of nitrogen functional groups attached to an aromatic ring is 1. The lowest BCUT2D eigenvalue weighted by Crippen LogP contribution is -2.13. The fraction of sp³-hybridized carbons (Fsp3) is 0.125. The molecule has 0 saturated heterocycles. The summed E-state index contributed by atoms with van der Waals surface area (Å²) in [6.07, 6.45) is 0. The molecule has 0 aliphatic heterocycles. The van der Waals surface area contributed by atoms with Crippen LogP contribution in [0.3, 0.4) is 0 Å². The number of anilines is 2. The Hall–Kier alpha value is -2.47. The molecule has 0 bridgehead atoms. The van der Waals surface area contributed by atoms with Crippen molar-refractivity contribution in [3.63, 3.8) is 0 Å². The lowest BCUT2D eigenvalue weighted by atomic mass is 10.2. The number of nitrogens with zero attached hydrogens (tertiary/aromatic N) is 1. The van der Waals surface area contributed by atoms with Gasteiger partial charge in [-0.3, -0.25) is 4.79 Å². The Labute approximate surface area is 130 Å². The van der Waals surface area contributed by atoms with Crippen molar-refractivity contribution in [1.29, 1.82) is 0 Å². The standard InChI is InChI=1S/C16H14FN3OS/c1-8-3-5-10(17)7-12(8)20-15(21)14-13(18)11-6-4-9(2)19-16(11)22-14/h3-7H,18H2,1-2H3,(H,20,21). The van der Waals surface area contributed by atoms with E-state index in [1.54, 1.807) is 13.0 Å². The molecule has 3 N–H and O–H groups in total. The van der Waals surface area contributed by atoms with E-state index in [4.69, 9.17) is 5.73 Å². The SMILES string of the molecule is Cc1ccc2c(N)c(C(=O)Nc3cc(F)ccc3C)sc2n1. The molecule has 4 nitrogen and oxygen atoms in total. The molecule has 0 aliphatic carbocycles. The number of benzene rings is 1. The van der Waals surface area contributed by atoms with Crippen molar-refractivity contribution in [2.75, 3.05) is 11.1 Å². The zero-order chi connectivity index (χ0) is 15.9. The molecule has 2 aromatic heterocycles. The third-order valence-electron chi connectivity index (χ3n) is 3.39. The highest BCUT2D eigenvalue weighted by Gasteiger charge is 2.18. The lowest BCUT2D eigenvalue weighted by Gasteiger charge is -2.07. The van der Waals surface area contributed by atoms with Gasteiger partial charge in [-0.2, -0.15) is 0 Å². The Balaban J connectivity index is 1.98. The highest BCUT2D eigenvalue weighted by molar-refractivity contribution is 7.21. The quantitative estimate of drug-likeness (QED) is 0.754. The van der Waals surface area contributed by atoms with Gasteiger partial charge < -0.3 is 11.1 Å². The maximum absolute atomic E-state index is 13.3. The fourth-order valence-electron chi connectivity index (χ4n) is 2.17. The van der Waals surface area contributed by atoms with Crippen LogP contribution in [0.25, 0.3) is 10.2 Å². The summed E-state index contributed by atoms with van der Waals surface area (Å²) < 4.78 is 13.3. The normalized spacial score (nSPS) is 10.9. The van der Waals surface area contributed by atoms with E-state index >= 15 is 0 Å². The number of amides is 1. The van der Waals surface area contributed by atoms with Crippen molar-refractivity contribution in [2.24, 2.45) is 0 Å². The van der Waals surface area contributed by atoms with E-state index in [1.165, 1.54) is 23.5 Å². The van der Waals surface area contributed by atoms with E-state index < -0.39 is 5.82 Å². The zero-order valence-corrected chi connectivity index (χ0v) is 12.9. The molecular weight excluding hydrogens is 301 g/mol. The molecule has 3 aromatic rings. The van der Waals surface area contributed by atoms with Crippen LogP contribution in [0, 0.1) is 19.7 Å². The monoisotopic (exact) mass is 315 g/mol. The summed E-state index contributed by atoms with van der Waals surface area (Å²) in [6, 6.07) is 7.96. The molecule has 0 unspecified atom stereocenters. The number of aryl methyl sites for hydroxylation is 2. The smallest absolute Gasteiger partial charge is 0.267 e. The number of nitrogens with two attached hydrogens (primary N) is 1. The number of thiophene rings is 1. The third-order valence-corrected chi connectivity index (χ3v) is 4.50. The second-order valence-electron chi connectivity index (χ2n) is 5.06. The van der Waals surface area contributed by atoms with E-state index in [9.17, 15) is 9.18 Å². The van der Waals surface area contributed by atoms with Gasteiger partial charge in [0.05, 0.1) is 5.69 Å². The maximum Gasteiger partial charge on any atom is 0.267 e. The van der Waals surface area contributed by atoms with E-state index in [0.717, 1.165) is 21.5 Å². The first-order valence-electron chi connectivity index (χ1n) is 6.69. The highest BCUT2D eigenvalue weighted by Crippen LogP contribution is 2.33. The number of hydrogen-bond donors (Lipinski definition) is 2. The van der Waals surface area contributed by atoms with E-state index in [2.05, 4.69) is 10.3 Å². The Morgan fingerprint density at radius 3 is 2.82 bits per heavy atom. The highest BCUT2D eigenvalue weighted by atomic mass is 32.1. The number of rotatable bonds is 2. The number of nitrogens with one attached hydrogen (secondary N) is 1. The number of fused-ring (bicyclic) bond motifs is 1. The molecule has 1 aromatic carbocycles. The van der Waals surface area contributed by atoms with Gasteiger partial charge >= 0.3 is 0 Å². The van der Waals surface area contributed by atoms with Gasteiger partial charge in [0.2, 0.25) is 0 Å². The average molecular weight is 315 g/mol. The van der Waals surface area contributed by atoms with E-state index in [0.29, 0.717) is 16.3 Å². The Kier molecular flexibility index (Phi) is 3.54. The van der Waals surface area contributed by atoms with Crippen LogP contribution in [-0.4, -0.2) is 10.9 Å². The molecule has 0 saturated carbocycles. The lowest BCUT2D eigenvalue weighted by molar-refractivity contribution is 0.103. The number of halogens is 1. The van der Waals surface area contributed by atoms with Crippen LogP contribution in [0.5, 0.6) is 0 Å². The minimum atomic E-state index is -0.400. The van der Waals surface area contributed by atoms with Gasteiger partial charge in [-0.1, -0.05) is 6.07 Å². The van der Waals surface area contributed by atoms with Gasteiger partial charge in [-0.25, -0.2) is 9.37 Å². The molecule has 6 heteroatoms. The average Bonchev–Trinajstić information content (AvgIpc) is 2.79. The van der Waals surface area contributed by atoms with Crippen molar-refractivity contribution in [3.05, 3.63) is 52.3 Å². The first kappa shape index (κ1) is 14.5. The molecule has 0 radical (unpaired) electrons. The largest absolute Gasteiger partial charge is 0.397 e. The van der Waals surface area contributed by atoms with Gasteiger partial charge in [0, 0.05) is 16.8 Å². The fourth-order valence-corrected chi connectivity index (χ4v) is 3.20. The molecule has 0 aliphatic rings. The second kappa shape index (κ2) is 5.38. The summed E-state index contributed by atoms with van der Waals surface area (Å²) in [4.78, 5) is 17.9. The first-order valence-corrected chi connectivity index (χ1v) is 7.50. The minimum Gasteiger partial charge on any atom is -0.397 e. The maximum atomic E-state index is 13.3. The minimum absolute atomic E-state index is 0.355. The van der Waals surface area contributed by atoms with Crippen LogP contribution in [-0.2, 0) is 0 Å². The topological polar surface area (TPSA) is 68.0 Å². The predicted octanol–water partition coefficient (Wildman–Crippen LogP) is 3.89. The van der Waals surface area contributed by atoms with Crippen molar-refractivity contribution >= 4 is 38.8 Å². The Bertz CT molecular complexity index is 888. The van der Waals surface area contributed by atoms with Gasteiger partial charge in [0.25, 0.3) is 5.91 Å². The van der Waals surface area contributed by atoms with Crippen LogP contribution in [0.2, 0.25) is 0 Å². The molecule has 3 rings (SSSR count). The Morgan fingerprint density at radius 2 is 2.05 bits per heavy atom. The van der Waals surface area contributed by atoms with Crippen molar-refractivity contribution in [3.8, 4) is 0 Å². The zero-order valence-electron chi connectivity index (χ0n) is 12.1. The molecule has 0 spiro atoms. The number of carbonyl (C=O) groups excluding carboxylic acids is 1. The van der Waals surface area contributed by atoms with Gasteiger partial charge in [0.1, 0.15) is 15.5 Å². The number of hydrogen-bond acceptors (Lipinski definition) is 4. The van der Waals surface area contributed by atoms with Crippen LogP contribution in [0.1, 0.15) is 20.9 Å². The molecule has 0 fully saturated rings. The van der Waals surface area contributed by atoms with Gasteiger partial charge in [-0.15, -0.1) is 11.3 Å². The van der Waals surface area contributed by atoms with Crippen LogP contribution in [0.15, 0.2) is 30.3 Å². The van der Waals surface area contributed by atoms with Crippen LogP contribution in [0.4, 0.5) is 15.8 Å². The van der Waals surface area contributed by atoms with Crippen molar-refractivity contribution < 1.29 is 9.18 Å². The number of pyridine rings is 1. The van der Waals surface area contributed by atoms with Crippen LogP contribution < -0.4 is 11.1 Å². The van der Waals surface area contributed by atoms with Gasteiger partial charge in [0.15, 0.2) is 0 Å². The molecular formula is C16H14FN3OS. The van der Waals surface area contributed by atoms with E-state index in [1.807, 2.05) is 19.1 Å². The summed E-state index contributed by atoms with van der Waals surface area (Å²) in [7, 11) is 0. The summed E-state index contributed by atoms with van der Waals surface area (Å²) in [6.45, 7) is 3.68. The summed E-state index contributed by atoms with van der Waals surface area (Å²) >= 11 is 1.23. The molecule has 1 amide bonds. The molecule has 112 valence electrons. The number of aromatic nitrogens is 1. The van der Waals surface area contributed by atoms with Crippen molar-refractivity contribution in [2.45, 2.75) is 13.8 Å². The molecule has 22 heavy (non-hydrogen) atoms. The van der Waals surface area contributed by atoms with Gasteiger partial charge in [-0.05, 0) is 43.7 Å².